The number of hydrogen-bond acceptors (Lipinski definition) is 3. The Balaban J connectivity index is 1.66. The lowest BCUT2D eigenvalue weighted by Gasteiger charge is -2.35. The average Bonchev–Trinajstić information content (AvgIpc) is 2.67. The molecule has 1 saturated heterocycles. The maximum absolute atomic E-state index is 12.7. The molecule has 2 amide bonds. The third-order valence-corrected chi connectivity index (χ3v) is 4.49. The standard InChI is InChI=1S/C19H17ClF2N2O3/c20-14-5-3-4-13(12-14)17(25)23-8-10-24(11-9-23)18(26)15-6-1-2-7-16(15)27-19(21)22/h1-7,12,19H,8-11H2. The van der Waals surface area contributed by atoms with Crippen LogP contribution in [-0.2, 0) is 0 Å². The Kier molecular flexibility index (Phi) is 5.91. The number of para-hydroxylation sites is 1. The van der Waals surface area contributed by atoms with E-state index >= 15 is 0 Å². The molecule has 27 heavy (non-hydrogen) atoms. The molecule has 0 radical (unpaired) electrons. The SMILES string of the molecule is O=C(c1cccc(Cl)c1)N1CCN(C(=O)c2ccccc2OC(F)F)CC1. The highest BCUT2D eigenvalue weighted by Gasteiger charge is 2.27. The van der Waals surface area contributed by atoms with Crippen LogP contribution >= 0.6 is 11.6 Å². The number of carbonyl (C=O) groups is 2. The number of alkyl halides is 2. The first-order chi connectivity index (χ1) is 13.0. The van der Waals surface area contributed by atoms with Crippen LogP contribution in [0.4, 0.5) is 8.78 Å². The predicted molar refractivity (Wildman–Crippen MR) is 96.3 cm³/mol. The lowest BCUT2D eigenvalue weighted by molar-refractivity contribution is -0.0503. The van der Waals surface area contributed by atoms with Crippen LogP contribution in [0, 0.1) is 0 Å². The first kappa shape index (κ1) is 19.1. The third-order valence-electron chi connectivity index (χ3n) is 4.26. The van der Waals surface area contributed by atoms with Gasteiger partial charge in [0.05, 0.1) is 5.56 Å². The van der Waals surface area contributed by atoms with Crippen molar-refractivity contribution in [3.05, 3.63) is 64.7 Å². The molecule has 0 aromatic heterocycles. The van der Waals surface area contributed by atoms with Crippen LogP contribution in [-0.4, -0.2) is 54.4 Å². The number of rotatable bonds is 4. The highest BCUT2D eigenvalue weighted by atomic mass is 35.5. The zero-order valence-electron chi connectivity index (χ0n) is 14.3. The van der Waals surface area contributed by atoms with E-state index in [9.17, 15) is 18.4 Å². The average molecular weight is 395 g/mol. The van der Waals surface area contributed by atoms with Gasteiger partial charge in [-0.05, 0) is 30.3 Å². The number of halogens is 3. The van der Waals surface area contributed by atoms with E-state index in [1.807, 2.05) is 0 Å². The molecule has 1 aliphatic heterocycles. The molecule has 142 valence electrons. The Hall–Kier alpha value is -2.67. The summed E-state index contributed by atoms with van der Waals surface area (Å²) < 4.78 is 29.5. The Morgan fingerprint density at radius 3 is 2.19 bits per heavy atom. The molecule has 1 fully saturated rings. The molecule has 2 aromatic carbocycles. The van der Waals surface area contributed by atoms with Gasteiger partial charge in [0, 0.05) is 36.8 Å². The van der Waals surface area contributed by atoms with Gasteiger partial charge in [0.15, 0.2) is 0 Å². The second kappa shape index (κ2) is 8.35. The minimum absolute atomic E-state index is 0.0763. The number of benzene rings is 2. The molecular weight excluding hydrogens is 378 g/mol. The fourth-order valence-corrected chi connectivity index (χ4v) is 3.12. The maximum Gasteiger partial charge on any atom is 0.387 e. The van der Waals surface area contributed by atoms with Gasteiger partial charge in [-0.1, -0.05) is 29.8 Å². The molecule has 0 unspecified atom stereocenters. The van der Waals surface area contributed by atoms with Gasteiger partial charge in [0.1, 0.15) is 5.75 Å². The lowest BCUT2D eigenvalue weighted by atomic mass is 10.1. The topological polar surface area (TPSA) is 49.9 Å². The summed E-state index contributed by atoms with van der Waals surface area (Å²) in [7, 11) is 0. The number of carbonyl (C=O) groups excluding carboxylic acids is 2. The molecule has 0 aliphatic carbocycles. The molecule has 5 nitrogen and oxygen atoms in total. The molecule has 0 spiro atoms. The number of hydrogen-bond donors (Lipinski definition) is 0. The summed E-state index contributed by atoms with van der Waals surface area (Å²) in [6.07, 6.45) is 0. The molecule has 2 aromatic rings. The van der Waals surface area contributed by atoms with Crippen LogP contribution in [0.5, 0.6) is 5.75 Å². The Morgan fingerprint density at radius 1 is 0.926 bits per heavy atom. The summed E-state index contributed by atoms with van der Waals surface area (Å²) in [4.78, 5) is 28.4. The molecule has 0 atom stereocenters. The van der Waals surface area contributed by atoms with Crippen molar-refractivity contribution >= 4 is 23.4 Å². The van der Waals surface area contributed by atoms with Crippen LogP contribution in [0.15, 0.2) is 48.5 Å². The zero-order valence-corrected chi connectivity index (χ0v) is 15.0. The van der Waals surface area contributed by atoms with Crippen molar-refractivity contribution in [1.29, 1.82) is 0 Å². The van der Waals surface area contributed by atoms with Crippen molar-refractivity contribution < 1.29 is 23.1 Å². The fraction of sp³-hybridized carbons (Fsp3) is 0.263. The fourth-order valence-electron chi connectivity index (χ4n) is 2.93. The predicted octanol–water partition coefficient (Wildman–Crippen LogP) is 3.54. The summed E-state index contributed by atoms with van der Waals surface area (Å²) in [5.74, 6) is -0.720. The van der Waals surface area contributed by atoms with E-state index in [0.29, 0.717) is 36.8 Å². The molecule has 0 N–H and O–H groups in total. The van der Waals surface area contributed by atoms with Crippen molar-refractivity contribution in [2.75, 3.05) is 26.2 Å². The molecule has 0 saturated carbocycles. The van der Waals surface area contributed by atoms with E-state index < -0.39 is 12.5 Å². The minimum atomic E-state index is -3.01. The van der Waals surface area contributed by atoms with E-state index in [-0.39, 0.29) is 17.2 Å². The van der Waals surface area contributed by atoms with Crippen molar-refractivity contribution in [1.82, 2.24) is 9.80 Å². The van der Waals surface area contributed by atoms with Crippen molar-refractivity contribution in [2.24, 2.45) is 0 Å². The van der Waals surface area contributed by atoms with Gasteiger partial charge in [0.2, 0.25) is 0 Å². The van der Waals surface area contributed by atoms with E-state index in [2.05, 4.69) is 4.74 Å². The quantitative estimate of drug-likeness (QED) is 0.797. The Labute approximate surface area is 160 Å². The number of piperazine rings is 1. The number of nitrogens with zero attached hydrogens (tertiary/aromatic N) is 2. The molecular formula is C19H17ClF2N2O3. The number of amides is 2. The normalized spacial score (nSPS) is 14.4. The van der Waals surface area contributed by atoms with Crippen molar-refractivity contribution in [3.8, 4) is 5.75 Å². The summed E-state index contributed by atoms with van der Waals surface area (Å²) in [6.45, 7) is -1.72. The molecule has 8 heteroatoms. The molecule has 1 heterocycles. The summed E-state index contributed by atoms with van der Waals surface area (Å²) in [5.41, 5.74) is 0.561. The second-order valence-electron chi connectivity index (χ2n) is 5.97. The van der Waals surface area contributed by atoms with E-state index in [4.69, 9.17) is 11.6 Å². The summed E-state index contributed by atoms with van der Waals surface area (Å²) in [6, 6.07) is 12.6. The molecule has 1 aliphatic rings. The second-order valence-corrected chi connectivity index (χ2v) is 6.41. The van der Waals surface area contributed by atoms with Crippen molar-refractivity contribution in [2.45, 2.75) is 6.61 Å². The summed E-state index contributed by atoms with van der Waals surface area (Å²) in [5, 5.41) is 0.477. The van der Waals surface area contributed by atoms with E-state index in [1.165, 1.54) is 23.1 Å². The summed E-state index contributed by atoms with van der Waals surface area (Å²) >= 11 is 5.92. The highest BCUT2D eigenvalue weighted by Crippen LogP contribution is 2.23. The minimum Gasteiger partial charge on any atom is -0.434 e. The number of ether oxygens (including phenoxy) is 1. The Morgan fingerprint density at radius 2 is 1.56 bits per heavy atom. The van der Waals surface area contributed by atoms with E-state index in [1.54, 1.807) is 35.2 Å². The van der Waals surface area contributed by atoms with Gasteiger partial charge in [-0.3, -0.25) is 9.59 Å². The van der Waals surface area contributed by atoms with Crippen LogP contribution < -0.4 is 4.74 Å². The highest BCUT2D eigenvalue weighted by molar-refractivity contribution is 6.30. The van der Waals surface area contributed by atoms with E-state index in [0.717, 1.165) is 0 Å². The van der Waals surface area contributed by atoms with Gasteiger partial charge in [0.25, 0.3) is 11.8 Å². The Bertz CT molecular complexity index is 839. The van der Waals surface area contributed by atoms with Gasteiger partial charge >= 0.3 is 6.61 Å². The van der Waals surface area contributed by atoms with Crippen LogP contribution in [0.1, 0.15) is 20.7 Å². The van der Waals surface area contributed by atoms with Crippen LogP contribution in [0.3, 0.4) is 0 Å². The zero-order chi connectivity index (χ0) is 19.4. The molecule has 0 bridgehead atoms. The van der Waals surface area contributed by atoms with Crippen molar-refractivity contribution in [3.63, 3.8) is 0 Å². The van der Waals surface area contributed by atoms with Gasteiger partial charge < -0.3 is 14.5 Å². The molecule has 3 rings (SSSR count). The van der Waals surface area contributed by atoms with Gasteiger partial charge in [-0.2, -0.15) is 8.78 Å². The van der Waals surface area contributed by atoms with Gasteiger partial charge in [-0.15, -0.1) is 0 Å². The van der Waals surface area contributed by atoms with Crippen LogP contribution in [0.25, 0.3) is 0 Å². The lowest BCUT2D eigenvalue weighted by Crippen LogP contribution is -2.50. The van der Waals surface area contributed by atoms with Gasteiger partial charge in [-0.25, -0.2) is 0 Å². The first-order valence-corrected chi connectivity index (χ1v) is 8.71. The smallest absolute Gasteiger partial charge is 0.387 e. The maximum atomic E-state index is 12.7. The van der Waals surface area contributed by atoms with Crippen LogP contribution in [0.2, 0.25) is 5.02 Å². The third kappa shape index (κ3) is 4.54. The monoisotopic (exact) mass is 394 g/mol. The first-order valence-electron chi connectivity index (χ1n) is 8.33. The largest absolute Gasteiger partial charge is 0.434 e.